The van der Waals surface area contributed by atoms with Crippen LogP contribution >= 0.6 is 0 Å². The van der Waals surface area contributed by atoms with Gasteiger partial charge in [-0.1, -0.05) is 6.92 Å². The van der Waals surface area contributed by atoms with E-state index < -0.39 is 0 Å². The Morgan fingerprint density at radius 3 is 2.92 bits per heavy atom. The van der Waals surface area contributed by atoms with Gasteiger partial charge >= 0.3 is 0 Å². The summed E-state index contributed by atoms with van der Waals surface area (Å²) in [5.41, 5.74) is 5.70. The Kier molecular flexibility index (Phi) is 4.16. The van der Waals surface area contributed by atoms with Crippen LogP contribution in [0.1, 0.15) is 26.7 Å². The van der Waals surface area contributed by atoms with E-state index >= 15 is 0 Å². The lowest BCUT2D eigenvalue weighted by molar-refractivity contribution is 0.170. The van der Waals surface area contributed by atoms with E-state index in [4.69, 9.17) is 10.5 Å². The van der Waals surface area contributed by atoms with E-state index in [2.05, 4.69) is 19.2 Å². The zero-order chi connectivity index (χ0) is 9.73. The summed E-state index contributed by atoms with van der Waals surface area (Å²) >= 11 is 0. The van der Waals surface area contributed by atoms with Crippen LogP contribution in [0.4, 0.5) is 0 Å². The van der Waals surface area contributed by atoms with E-state index in [1.807, 2.05) is 0 Å². The second-order valence-electron chi connectivity index (χ2n) is 4.43. The van der Waals surface area contributed by atoms with Crippen LogP contribution in [0, 0.1) is 5.92 Å². The molecule has 1 heterocycles. The summed E-state index contributed by atoms with van der Waals surface area (Å²) in [7, 11) is 0. The van der Waals surface area contributed by atoms with Crippen molar-refractivity contribution in [1.29, 1.82) is 0 Å². The van der Waals surface area contributed by atoms with Crippen LogP contribution in [-0.4, -0.2) is 31.8 Å². The minimum atomic E-state index is 0.211. The molecule has 2 unspecified atom stereocenters. The third kappa shape index (κ3) is 3.63. The fourth-order valence-electron chi connectivity index (χ4n) is 1.61. The number of ether oxygens (including phenoxy) is 1. The van der Waals surface area contributed by atoms with Crippen LogP contribution in [0.2, 0.25) is 0 Å². The first-order chi connectivity index (χ1) is 6.16. The number of nitrogens with one attached hydrogen (secondary N) is 1. The molecule has 1 fully saturated rings. The highest BCUT2D eigenvalue weighted by Crippen LogP contribution is 2.17. The van der Waals surface area contributed by atoms with Crippen molar-refractivity contribution >= 4 is 0 Å². The Morgan fingerprint density at radius 2 is 2.38 bits per heavy atom. The zero-order valence-corrected chi connectivity index (χ0v) is 8.81. The Balaban J connectivity index is 2.17. The molecule has 3 N–H and O–H groups in total. The maximum Gasteiger partial charge on any atom is 0.0646 e. The van der Waals surface area contributed by atoms with E-state index in [1.54, 1.807) is 0 Å². The summed E-state index contributed by atoms with van der Waals surface area (Å²) in [5.74, 6) is 0.669. The van der Waals surface area contributed by atoms with Gasteiger partial charge in [-0.15, -0.1) is 0 Å². The average molecular weight is 186 g/mol. The normalized spacial score (nSPS) is 30.7. The first kappa shape index (κ1) is 11.0. The quantitative estimate of drug-likeness (QED) is 0.666. The van der Waals surface area contributed by atoms with Crippen molar-refractivity contribution in [2.45, 2.75) is 32.2 Å². The van der Waals surface area contributed by atoms with Gasteiger partial charge in [0.1, 0.15) is 0 Å². The van der Waals surface area contributed by atoms with Gasteiger partial charge in [0.2, 0.25) is 0 Å². The van der Waals surface area contributed by atoms with E-state index in [-0.39, 0.29) is 5.54 Å². The third-order valence-electron chi connectivity index (χ3n) is 2.76. The fourth-order valence-corrected chi connectivity index (χ4v) is 1.61. The molecular weight excluding hydrogens is 164 g/mol. The van der Waals surface area contributed by atoms with Gasteiger partial charge in [0.15, 0.2) is 0 Å². The smallest absolute Gasteiger partial charge is 0.0646 e. The van der Waals surface area contributed by atoms with Crippen LogP contribution in [-0.2, 0) is 4.74 Å². The largest absolute Gasteiger partial charge is 0.379 e. The van der Waals surface area contributed by atoms with Gasteiger partial charge in [-0.05, 0) is 38.8 Å². The van der Waals surface area contributed by atoms with Crippen molar-refractivity contribution in [2.75, 3.05) is 26.3 Å². The molecule has 3 nitrogen and oxygen atoms in total. The molecule has 2 atom stereocenters. The molecule has 0 aliphatic carbocycles. The van der Waals surface area contributed by atoms with E-state index in [0.717, 1.165) is 39.1 Å². The molecule has 1 saturated heterocycles. The molecule has 1 aliphatic heterocycles. The Bertz CT molecular complexity index is 144. The Labute approximate surface area is 81.0 Å². The van der Waals surface area contributed by atoms with Gasteiger partial charge < -0.3 is 15.8 Å². The minimum Gasteiger partial charge on any atom is -0.379 e. The molecule has 0 radical (unpaired) electrons. The van der Waals surface area contributed by atoms with Gasteiger partial charge in [-0.3, -0.25) is 0 Å². The standard InChI is InChI=1S/C10H22N2O/c1-9(3-5-11)7-12-10(2)4-6-13-8-10/h9,12H,3-8,11H2,1-2H3. The van der Waals surface area contributed by atoms with Crippen molar-refractivity contribution in [2.24, 2.45) is 11.7 Å². The Morgan fingerprint density at radius 1 is 1.62 bits per heavy atom. The first-order valence-electron chi connectivity index (χ1n) is 5.19. The maximum atomic E-state index is 5.49. The Hall–Kier alpha value is -0.120. The van der Waals surface area contributed by atoms with Crippen molar-refractivity contribution in [3.05, 3.63) is 0 Å². The van der Waals surface area contributed by atoms with E-state index in [9.17, 15) is 0 Å². The number of rotatable bonds is 5. The summed E-state index contributed by atoms with van der Waals surface area (Å²) < 4.78 is 5.37. The second kappa shape index (κ2) is 4.94. The van der Waals surface area contributed by atoms with Crippen LogP contribution in [0.25, 0.3) is 0 Å². The minimum absolute atomic E-state index is 0.211. The summed E-state index contributed by atoms with van der Waals surface area (Å²) in [6.45, 7) is 8.05. The predicted octanol–water partition coefficient (Wildman–Crippen LogP) is 0.740. The van der Waals surface area contributed by atoms with Crippen molar-refractivity contribution in [3.63, 3.8) is 0 Å². The number of nitrogens with two attached hydrogens (primary N) is 1. The molecule has 0 spiro atoms. The molecule has 0 aromatic rings. The molecule has 0 aromatic heterocycles. The fraction of sp³-hybridized carbons (Fsp3) is 1.00. The summed E-state index contributed by atoms with van der Waals surface area (Å²) in [6.07, 6.45) is 2.23. The predicted molar refractivity (Wildman–Crippen MR) is 54.7 cm³/mol. The van der Waals surface area contributed by atoms with Crippen molar-refractivity contribution in [3.8, 4) is 0 Å². The topological polar surface area (TPSA) is 47.3 Å². The van der Waals surface area contributed by atoms with Gasteiger partial charge in [0.25, 0.3) is 0 Å². The first-order valence-corrected chi connectivity index (χ1v) is 5.19. The summed E-state index contributed by atoms with van der Waals surface area (Å²) in [6, 6.07) is 0. The third-order valence-corrected chi connectivity index (χ3v) is 2.76. The van der Waals surface area contributed by atoms with Crippen LogP contribution in [0.5, 0.6) is 0 Å². The molecule has 3 heteroatoms. The lowest BCUT2D eigenvalue weighted by Gasteiger charge is -2.25. The van der Waals surface area contributed by atoms with Gasteiger partial charge in [0, 0.05) is 12.1 Å². The highest BCUT2D eigenvalue weighted by atomic mass is 16.5. The van der Waals surface area contributed by atoms with Gasteiger partial charge in [0.05, 0.1) is 6.61 Å². The number of hydrogen-bond acceptors (Lipinski definition) is 3. The van der Waals surface area contributed by atoms with Gasteiger partial charge in [-0.25, -0.2) is 0 Å². The monoisotopic (exact) mass is 186 g/mol. The molecule has 1 aliphatic rings. The van der Waals surface area contributed by atoms with E-state index in [1.165, 1.54) is 0 Å². The molecule has 78 valence electrons. The highest BCUT2D eigenvalue weighted by molar-refractivity contribution is 4.87. The van der Waals surface area contributed by atoms with Crippen molar-refractivity contribution in [1.82, 2.24) is 5.32 Å². The summed E-state index contributed by atoms with van der Waals surface area (Å²) in [4.78, 5) is 0. The molecule has 0 bridgehead atoms. The number of hydrogen-bond donors (Lipinski definition) is 2. The lowest BCUT2D eigenvalue weighted by Crippen LogP contribution is -2.44. The van der Waals surface area contributed by atoms with Crippen LogP contribution in [0.15, 0.2) is 0 Å². The SMILES string of the molecule is CC(CCN)CNC1(C)CCOC1. The summed E-state index contributed by atoms with van der Waals surface area (Å²) in [5, 5.41) is 3.56. The average Bonchev–Trinajstić information content (AvgIpc) is 2.51. The molecular formula is C10H22N2O. The zero-order valence-electron chi connectivity index (χ0n) is 8.81. The van der Waals surface area contributed by atoms with E-state index in [0.29, 0.717) is 5.92 Å². The lowest BCUT2D eigenvalue weighted by atomic mass is 10.00. The second-order valence-corrected chi connectivity index (χ2v) is 4.43. The molecule has 13 heavy (non-hydrogen) atoms. The molecule has 1 rings (SSSR count). The van der Waals surface area contributed by atoms with Crippen LogP contribution < -0.4 is 11.1 Å². The van der Waals surface area contributed by atoms with Gasteiger partial charge in [-0.2, -0.15) is 0 Å². The van der Waals surface area contributed by atoms with Crippen LogP contribution in [0.3, 0.4) is 0 Å². The maximum absolute atomic E-state index is 5.49. The highest BCUT2D eigenvalue weighted by Gasteiger charge is 2.28. The molecule has 0 amide bonds. The molecule has 0 aromatic carbocycles. The van der Waals surface area contributed by atoms with Crippen molar-refractivity contribution < 1.29 is 4.74 Å². The molecule has 0 saturated carbocycles.